The highest BCUT2D eigenvalue weighted by atomic mass is 16.6. The number of aromatic amines is 1. The number of nitrogens with two attached hydrogens (primary N) is 1. The minimum absolute atomic E-state index is 0.611. The van der Waals surface area contributed by atoms with Gasteiger partial charge in [0.05, 0.1) is 17.6 Å². The summed E-state index contributed by atoms with van der Waals surface area (Å²) in [5.41, 5.74) is 2.13. The molecule has 0 radical (unpaired) electrons. The SMILES string of the molecule is NOCCCCc1nc2ccccc2[nH]1. The number of nitrogens with zero attached hydrogens (tertiary/aromatic N) is 1. The third-order valence-corrected chi connectivity index (χ3v) is 2.36. The number of unbranched alkanes of at least 4 members (excludes halogenated alkanes) is 1. The van der Waals surface area contributed by atoms with E-state index in [1.54, 1.807) is 0 Å². The van der Waals surface area contributed by atoms with Crippen LogP contribution in [0.1, 0.15) is 18.7 Å². The second-order valence-corrected chi connectivity index (χ2v) is 3.53. The Bertz CT molecular complexity index is 391. The van der Waals surface area contributed by atoms with Gasteiger partial charge in [0.25, 0.3) is 0 Å². The van der Waals surface area contributed by atoms with Crippen LogP contribution in [0.25, 0.3) is 11.0 Å². The van der Waals surface area contributed by atoms with Crippen LogP contribution in [0.2, 0.25) is 0 Å². The van der Waals surface area contributed by atoms with Gasteiger partial charge < -0.3 is 9.82 Å². The first-order valence-corrected chi connectivity index (χ1v) is 5.15. The zero-order valence-corrected chi connectivity index (χ0v) is 8.57. The number of nitrogens with one attached hydrogen (secondary N) is 1. The average molecular weight is 205 g/mol. The summed E-state index contributed by atoms with van der Waals surface area (Å²) in [7, 11) is 0. The Morgan fingerprint density at radius 3 is 2.93 bits per heavy atom. The molecule has 0 saturated carbocycles. The van der Waals surface area contributed by atoms with Gasteiger partial charge in [0.2, 0.25) is 0 Å². The molecule has 0 saturated heterocycles. The first-order valence-electron chi connectivity index (χ1n) is 5.15. The van der Waals surface area contributed by atoms with Crippen molar-refractivity contribution >= 4 is 11.0 Å². The largest absolute Gasteiger partial charge is 0.342 e. The van der Waals surface area contributed by atoms with Crippen LogP contribution in [0.5, 0.6) is 0 Å². The Hall–Kier alpha value is -1.39. The van der Waals surface area contributed by atoms with Gasteiger partial charge in [-0.15, -0.1) is 0 Å². The fourth-order valence-electron chi connectivity index (χ4n) is 1.60. The van der Waals surface area contributed by atoms with Gasteiger partial charge in [-0.1, -0.05) is 12.1 Å². The number of imidazole rings is 1. The molecule has 0 spiro atoms. The molecule has 2 aromatic rings. The zero-order chi connectivity index (χ0) is 10.5. The number of fused-ring (bicyclic) bond motifs is 1. The highest BCUT2D eigenvalue weighted by Gasteiger charge is 2.00. The van der Waals surface area contributed by atoms with Gasteiger partial charge in [-0.3, -0.25) is 0 Å². The number of aryl methyl sites for hydroxylation is 1. The molecule has 0 aliphatic heterocycles. The molecule has 0 aliphatic carbocycles. The van der Waals surface area contributed by atoms with Gasteiger partial charge >= 0.3 is 0 Å². The van der Waals surface area contributed by atoms with Crippen LogP contribution in [0.3, 0.4) is 0 Å². The summed E-state index contributed by atoms with van der Waals surface area (Å²) < 4.78 is 0. The highest BCUT2D eigenvalue weighted by molar-refractivity contribution is 5.74. The van der Waals surface area contributed by atoms with Crippen LogP contribution in [0.15, 0.2) is 24.3 Å². The van der Waals surface area contributed by atoms with Gasteiger partial charge in [-0.2, -0.15) is 0 Å². The van der Waals surface area contributed by atoms with E-state index in [4.69, 9.17) is 5.90 Å². The highest BCUT2D eigenvalue weighted by Crippen LogP contribution is 2.11. The third kappa shape index (κ3) is 2.55. The van der Waals surface area contributed by atoms with E-state index in [9.17, 15) is 0 Å². The van der Waals surface area contributed by atoms with E-state index in [1.807, 2.05) is 24.3 Å². The monoisotopic (exact) mass is 205 g/mol. The minimum atomic E-state index is 0.611. The number of para-hydroxylation sites is 2. The summed E-state index contributed by atoms with van der Waals surface area (Å²) in [6, 6.07) is 8.05. The summed E-state index contributed by atoms with van der Waals surface area (Å²) in [6.45, 7) is 0.611. The van der Waals surface area contributed by atoms with Crippen LogP contribution < -0.4 is 5.90 Å². The lowest BCUT2D eigenvalue weighted by molar-refractivity contribution is 0.134. The topological polar surface area (TPSA) is 63.9 Å². The predicted octanol–water partition coefficient (Wildman–Crippen LogP) is 1.78. The maximum atomic E-state index is 4.95. The number of aromatic nitrogens is 2. The molecule has 15 heavy (non-hydrogen) atoms. The van der Waals surface area contributed by atoms with Crippen LogP contribution in [0.4, 0.5) is 0 Å². The van der Waals surface area contributed by atoms with E-state index < -0.39 is 0 Å². The average Bonchev–Trinajstić information content (AvgIpc) is 2.67. The smallest absolute Gasteiger partial charge is 0.107 e. The van der Waals surface area contributed by atoms with E-state index in [0.717, 1.165) is 36.1 Å². The van der Waals surface area contributed by atoms with Gasteiger partial charge in [-0.05, 0) is 25.0 Å². The quantitative estimate of drug-likeness (QED) is 0.577. The Balaban J connectivity index is 1.97. The Kier molecular flexibility index (Phi) is 3.32. The van der Waals surface area contributed by atoms with Crippen molar-refractivity contribution in [2.45, 2.75) is 19.3 Å². The molecule has 3 N–H and O–H groups in total. The van der Waals surface area contributed by atoms with Crippen molar-refractivity contribution in [3.05, 3.63) is 30.1 Å². The first-order chi connectivity index (χ1) is 7.40. The molecule has 0 fully saturated rings. The van der Waals surface area contributed by atoms with E-state index in [0.29, 0.717) is 6.61 Å². The van der Waals surface area contributed by atoms with Gasteiger partial charge in [0, 0.05) is 6.42 Å². The fourth-order valence-corrected chi connectivity index (χ4v) is 1.60. The molecule has 0 bridgehead atoms. The predicted molar refractivity (Wildman–Crippen MR) is 59.2 cm³/mol. The Morgan fingerprint density at radius 1 is 1.27 bits per heavy atom. The van der Waals surface area contributed by atoms with Gasteiger partial charge in [0.15, 0.2) is 0 Å². The van der Waals surface area contributed by atoms with Crippen LogP contribution >= 0.6 is 0 Å². The summed E-state index contributed by atoms with van der Waals surface area (Å²) in [5, 5.41) is 0. The van der Waals surface area contributed by atoms with Gasteiger partial charge in [-0.25, -0.2) is 10.9 Å². The summed E-state index contributed by atoms with van der Waals surface area (Å²) in [5.74, 6) is 5.98. The molecule has 80 valence electrons. The lowest BCUT2D eigenvalue weighted by Crippen LogP contribution is -2.01. The lowest BCUT2D eigenvalue weighted by atomic mass is 10.2. The van der Waals surface area contributed by atoms with E-state index in [-0.39, 0.29) is 0 Å². The number of hydrogen-bond donors (Lipinski definition) is 2. The number of hydrogen-bond acceptors (Lipinski definition) is 3. The molecule has 1 aromatic carbocycles. The van der Waals surface area contributed by atoms with E-state index >= 15 is 0 Å². The van der Waals surface area contributed by atoms with Crippen LogP contribution in [-0.4, -0.2) is 16.6 Å². The van der Waals surface area contributed by atoms with Gasteiger partial charge in [0.1, 0.15) is 5.82 Å². The minimum Gasteiger partial charge on any atom is -0.342 e. The number of rotatable bonds is 5. The van der Waals surface area contributed by atoms with Crippen molar-refractivity contribution in [1.29, 1.82) is 0 Å². The summed E-state index contributed by atoms with van der Waals surface area (Å²) in [6.07, 6.45) is 2.95. The van der Waals surface area contributed by atoms with Crippen LogP contribution in [-0.2, 0) is 11.3 Å². The van der Waals surface area contributed by atoms with Crippen molar-refractivity contribution in [3.63, 3.8) is 0 Å². The van der Waals surface area contributed by atoms with E-state index in [1.165, 1.54) is 0 Å². The molecule has 2 rings (SSSR count). The second-order valence-electron chi connectivity index (χ2n) is 3.53. The second kappa shape index (κ2) is 4.91. The number of benzene rings is 1. The van der Waals surface area contributed by atoms with Crippen molar-refractivity contribution in [2.75, 3.05) is 6.61 Å². The molecule has 4 heteroatoms. The Morgan fingerprint density at radius 2 is 2.13 bits per heavy atom. The standard InChI is InChI=1S/C11H15N3O/c12-15-8-4-3-7-11-13-9-5-1-2-6-10(9)14-11/h1-2,5-6H,3-4,7-8,12H2,(H,13,14). The molecule has 1 heterocycles. The number of H-pyrrole nitrogens is 1. The molecule has 0 aliphatic rings. The van der Waals surface area contributed by atoms with Crippen molar-refractivity contribution in [3.8, 4) is 0 Å². The van der Waals surface area contributed by atoms with E-state index in [2.05, 4.69) is 14.8 Å². The molecule has 0 amide bonds. The summed E-state index contributed by atoms with van der Waals surface area (Å²) >= 11 is 0. The zero-order valence-electron chi connectivity index (χ0n) is 8.57. The molecule has 0 atom stereocenters. The molecular weight excluding hydrogens is 190 g/mol. The molecule has 1 aromatic heterocycles. The molecule has 0 unspecified atom stereocenters. The summed E-state index contributed by atoms with van der Waals surface area (Å²) in [4.78, 5) is 12.3. The Labute approximate surface area is 88.4 Å². The third-order valence-electron chi connectivity index (χ3n) is 2.36. The first kappa shape index (κ1) is 10.1. The molecular formula is C11H15N3O. The maximum absolute atomic E-state index is 4.95. The van der Waals surface area contributed by atoms with Crippen molar-refractivity contribution in [1.82, 2.24) is 9.97 Å². The van der Waals surface area contributed by atoms with Crippen molar-refractivity contribution in [2.24, 2.45) is 5.90 Å². The van der Waals surface area contributed by atoms with Crippen molar-refractivity contribution < 1.29 is 4.84 Å². The maximum Gasteiger partial charge on any atom is 0.107 e. The van der Waals surface area contributed by atoms with Crippen LogP contribution in [0, 0.1) is 0 Å². The lowest BCUT2D eigenvalue weighted by Gasteiger charge is -1.96. The fraction of sp³-hybridized carbons (Fsp3) is 0.364. The normalized spacial score (nSPS) is 11.0. The molecule has 4 nitrogen and oxygen atoms in total.